The van der Waals surface area contributed by atoms with Crippen LogP contribution in [0.2, 0.25) is 0 Å². The molecule has 0 amide bonds. The van der Waals surface area contributed by atoms with E-state index in [-0.39, 0.29) is 5.41 Å². The molecule has 3 heteroatoms. The first kappa shape index (κ1) is 10.1. The number of hydrogen-bond donors (Lipinski definition) is 2. The zero-order valence-corrected chi connectivity index (χ0v) is 9.50. The van der Waals surface area contributed by atoms with Gasteiger partial charge in [-0.3, -0.25) is 0 Å². The Morgan fingerprint density at radius 1 is 1.40 bits per heavy atom. The molecule has 82 valence electrons. The second-order valence-electron chi connectivity index (χ2n) is 5.13. The minimum absolute atomic E-state index is 0.194. The fourth-order valence-corrected chi connectivity index (χ4v) is 1.65. The molecule has 0 spiro atoms. The van der Waals surface area contributed by atoms with Crippen molar-refractivity contribution in [2.75, 3.05) is 17.7 Å². The van der Waals surface area contributed by atoms with Crippen LogP contribution in [0.15, 0.2) is 18.2 Å². The number of rotatable bonds is 0. The highest BCUT2D eigenvalue weighted by Gasteiger charge is 2.29. The Kier molecular flexibility index (Phi) is 2.25. The summed E-state index contributed by atoms with van der Waals surface area (Å²) in [7, 11) is 0. The maximum Gasteiger partial charge on any atom is 0.144 e. The van der Waals surface area contributed by atoms with Crippen LogP contribution in [0.3, 0.4) is 0 Å². The Hall–Kier alpha value is -1.38. The quantitative estimate of drug-likeness (QED) is 0.641. The number of hydrogen-bond acceptors (Lipinski definition) is 3. The zero-order valence-electron chi connectivity index (χ0n) is 9.50. The summed E-state index contributed by atoms with van der Waals surface area (Å²) in [5.41, 5.74) is 7.67. The predicted octanol–water partition coefficient (Wildman–Crippen LogP) is 2.49. The molecule has 1 unspecified atom stereocenters. The summed E-state index contributed by atoms with van der Waals surface area (Å²) in [6.07, 6.45) is 0. The third-order valence-electron chi connectivity index (χ3n) is 2.79. The van der Waals surface area contributed by atoms with Crippen LogP contribution in [0.5, 0.6) is 5.75 Å². The molecule has 3 N–H and O–H groups in total. The molecule has 1 aliphatic heterocycles. The molecule has 0 aliphatic carbocycles. The molecule has 0 aromatic heterocycles. The lowest BCUT2D eigenvalue weighted by Crippen LogP contribution is -2.41. The van der Waals surface area contributed by atoms with E-state index in [1.54, 1.807) is 0 Å². The van der Waals surface area contributed by atoms with E-state index in [4.69, 9.17) is 10.5 Å². The van der Waals surface area contributed by atoms with E-state index in [9.17, 15) is 0 Å². The number of anilines is 2. The highest BCUT2D eigenvalue weighted by Crippen LogP contribution is 2.34. The van der Waals surface area contributed by atoms with Gasteiger partial charge in [0.1, 0.15) is 12.4 Å². The fraction of sp³-hybridized carbons (Fsp3) is 0.500. The molecule has 2 rings (SSSR count). The summed E-state index contributed by atoms with van der Waals surface area (Å²) in [4.78, 5) is 0. The van der Waals surface area contributed by atoms with Crippen LogP contribution in [-0.4, -0.2) is 12.6 Å². The van der Waals surface area contributed by atoms with Crippen LogP contribution in [0, 0.1) is 5.41 Å². The summed E-state index contributed by atoms with van der Waals surface area (Å²) < 4.78 is 5.70. The van der Waals surface area contributed by atoms with Crippen molar-refractivity contribution in [1.29, 1.82) is 0 Å². The average molecular weight is 206 g/mol. The molecular weight excluding hydrogens is 188 g/mol. The molecule has 1 heterocycles. The van der Waals surface area contributed by atoms with E-state index >= 15 is 0 Å². The van der Waals surface area contributed by atoms with Crippen LogP contribution in [0.1, 0.15) is 20.8 Å². The van der Waals surface area contributed by atoms with E-state index < -0.39 is 0 Å². The highest BCUT2D eigenvalue weighted by molar-refractivity contribution is 5.64. The molecule has 0 saturated carbocycles. The molecule has 0 saturated heterocycles. The topological polar surface area (TPSA) is 47.3 Å². The van der Waals surface area contributed by atoms with Crippen LogP contribution in [0.4, 0.5) is 11.4 Å². The third kappa shape index (κ3) is 2.01. The maximum absolute atomic E-state index is 5.70. The molecule has 15 heavy (non-hydrogen) atoms. The van der Waals surface area contributed by atoms with Gasteiger partial charge in [0, 0.05) is 11.8 Å². The van der Waals surface area contributed by atoms with Gasteiger partial charge in [-0.25, -0.2) is 0 Å². The average Bonchev–Trinajstić information content (AvgIpc) is 2.15. The number of nitrogens with one attached hydrogen (secondary N) is 1. The summed E-state index contributed by atoms with van der Waals surface area (Å²) in [6.45, 7) is 7.31. The van der Waals surface area contributed by atoms with Crippen LogP contribution in [-0.2, 0) is 0 Å². The van der Waals surface area contributed by atoms with Gasteiger partial charge in [-0.2, -0.15) is 0 Å². The lowest BCUT2D eigenvalue weighted by atomic mass is 9.86. The van der Waals surface area contributed by atoms with Gasteiger partial charge >= 0.3 is 0 Å². The first-order valence-electron chi connectivity index (χ1n) is 5.26. The Morgan fingerprint density at radius 3 is 2.80 bits per heavy atom. The van der Waals surface area contributed by atoms with Crippen molar-refractivity contribution in [3.63, 3.8) is 0 Å². The Bertz CT molecular complexity index is 368. The molecule has 0 bridgehead atoms. The summed E-state index contributed by atoms with van der Waals surface area (Å²) in [6, 6.07) is 6.07. The molecule has 0 radical (unpaired) electrons. The lowest BCUT2D eigenvalue weighted by Gasteiger charge is -2.36. The van der Waals surface area contributed by atoms with Crippen molar-refractivity contribution >= 4 is 11.4 Å². The van der Waals surface area contributed by atoms with Gasteiger partial charge in [0.15, 0.2) is 0 Å². The molecule has 1 aliphatic rings. The predicted molar refractivity (Wildman–Crippen MR) is 63.2 cm³/mol. The minimum atomic E-state index is 0.194. The molecule has 3 nitrogen and oxygen atoms in total. The van der Waals surface area contributed by atoms with Crippen molar-refractivity contribution in [3.8, 4) is 5.75 Å². The third-order valence-corrected chi connectivity index (χ3v) is 2.79. The number of fused-ring (bicyclic) bond motifs is 1. The number of ether oxygens (including phenoxy) is 1. The van der Waals surface area contributed by atoms with Crippen molar-refractivity contribution in [3.05, 3.63) is 18.2 Å². The van der Waals surface area contributed by atoms with Crippen molar-refractivity contribution in [2.45, 2.75) is 26.8 Å². The molecule has 1 aromatic rings. The standard InChI is InChI=1S/C12H18N2O/c1-12(2,3)11-7-15-10-6-8(13)4-5-9(10)14-11/h4-6,11,14H,7,13H2,1-3H3. The second-order valence-corrected chi connectivity index (χ2v) is 5.13. The van der Waals surface area contributed by atoms with Gasteiger partial charge in [0.25, 0.3) is 0 Å². The Morgan fingerprint density at radius 2 is 2.13 bits per heavy atom. The molecule has 0 fully saturated rings. The second kappa shape index (κ2) is 3.33. The zero-order chi connectivity index (χ0) is 11.1. The van der Waals surface area contributed by atoms with E-state index in [1.807, 2.05) is 18.2 Å². The van der Waals surface area contributed by atoms with Crippen molar-refractivity contribution in [1.82, 2.24) is 0 Å². The monoisotopic (exact) mass is 206 g/mol. The van der Waals surface area contributed by atoms with Crippen LogP contribution in [0.25, 0.3) is 0 Å². The summed E-state index contributed by atoms with van der Waals surface area (Å²) >= 11 is 0. The van der Waals surface area contributed by atoms with E-state index in [0.717, 1.165) is 17.1 Å². The van der Waals surface area contributed by atoms with Crippen LogP contribution < -0.4 is 15.8 Å². The molecular formula is C12H18N2O. The summed E-state index contributed by atoms with van der Waals surface area (Å²) in [5, 5.41) is 3.48. The van der Waals surface area contributed by atoms with Crippen molar-refractivity contribution in [2.24, 2.45) is 5.41 Å². The SMILES string of the molecule is CC(C)(C)C1COc2cc(N)ccc2N1. The van der Waals surface area contributed by atoms with Gasteiger partial charge in [-0.15, -0.1) is 0 Å². The van der Waals surface area contributed by atoms with Gasteiger partial charge in [0.2, 0.25) is 0 Å². The minimum Gasteiger partial charge on any atom is -0.489 e. The van der Waals surface area contributed by atoms with Gasteiger partial charge in [0.05, 0.1) is 11.7 Å². The Labute approximate surface area is 90.6 Å². The van der Waals surface area contributed by atoms with Gasteiger partial charge < -0.3 is 15.8 Å². The van der Waals surface area contributed by atoms with E-state index in [0.29, 0.717) is 12.6 Å². The van der Waals surface area contributed by atoms with E-state index in [1.165, 1.54) is 0 Å². The van der Waals surface area contributed by atoms with Crippen LogP contribution >= 0.6 is 0 Å². The molecule has 1 atom stereocenters. The van der Waals surface area contributed by atoms with Gasteiger partial charge in [-0.1, -0.05) is 20.8 Å². The first-order valence-corrected chi connectivity index (χ1v) is 5.26. The van der Waals surface area contributed by atoms with Gasteiger partial charge in [-0.05, 0) is 17.5 Å². The Balaban J connectivity index is 2.24. The number of nitrogens with two attached hydrogens (primary N) is 1. The highest BCUT2D eigenvalue weighted by atomic mass is 16.5. The maximum atomic E-state index is 5.70. The number of benzene rings is 1. The smallest absolute Gasteiger partial charge is 0.144 e. The van der Waals surface area contributed by atoms with E-state index in [2.05, 4.69) is 26.1 Å². The summed E-state index contributed by atoms with van der Waals surface area (Å²) in [5.74, 6) is 0.857. The lowest BCUT2D eigenvalue weighted by molar-refractivity contribution is 0.207. The first-order chi connectivity index (χ1) is 6.97. The normalized spacial score (nSPS) is 20.1. The fourth-order valence-electron chi connectivity index (χ4n) is 1.65. The largest absolute Gasteiger partial charge is 0.489 e. The molecule has 1 aromatic carbocycles. The number of nitrogen functional groups attached to an aromatic ring is 1. The van der Waals surface area contributed by atoms with Crippen molar-refractivity contribution < 1.29 is 4.74 Å².